The van der Waals surface area contributed by atoms with Gasteiger partial charge in [0.2, 0.25) is 10.4 Å². The van der Waals surface area contributed by atoms with E-state index in [9.17, 15) is 13.0 Å². The van der Waals surface area contributed by atoms with Crippen LogP contribution in [0.2, 0.25) is 0 Å². The summed E-state index contributed by atoms with van der Waals surface area (Å²) in [5, 5.41) is 1.34. The summed E-state index contributed by atoms with van der Waals surface area (Å²) in [5.74, 6) is 0. The van der Waals surface area contributed by atoms with Gasteiger partial charge in [0.25, 0.3) is 0 Å². The average molecular weight is 367 g/mol. The summed E-state index contributed by atoms with van der Waals surface area (Å²) < 4.78 is 36.2. The van der Waals surface area contributed by atoms with Crippen LogP contribution in [-0.2, 0) is 14.6 Å². The van der Waals surface area contributed by atoms with Crippen molar-refractivity contribution in [1.29, 1.82) is 0 Å². The molecule has 0 aliphatic heterocycles. The Balaban J connectivity index is 0.00000529. The molecule has 132 valence electrons. The number of benzene rings is 1. The van der Waals surface area contributed by atoms with Gasteiger partial charge >= 0.3 is 18.9 Å². The molecule has 1 unspecified atom stereocenters. The van der Waals surface area contributed by atoms with E-state index in [4.69, 9.17) is 0 Å². The van der Waals surface area contributed by atoms with Crippen molar-refractivity contribution >= 4 is 24.3 Å². The van der Waals surface area contributed by atoms with Crippen molar-refractivity contribution in [2.24, 2.45) is 0 Å². The van der Waals surface area contributed by atoms with Crippen LogP contribution in [0.4, 0.5) is 0 Å². The first-order valence-corrected chi connectivity index (χ1v) is 10.2. The molecule has 24 heavy (non-hydrogen) atoms. The first-order chi connectivity index (χ1) is 10.6. The minimum absolute atomic E-state index is 0. The zero-order valence-electron chi connectivity index (χ0n) is 15.4. The average Bonchev–Trinajstić information content (AvgIpc) is 2.43. The fraction of sp³-hybridized carbons (Fsp3) is 0.625. The van der Waals surface area contributed by atoms with Crippen molar-refractivity contribution in [3.63, 3.8) is 0 Å². The molecule has 1 aromatic rings. The van der Waals surface area contributed by atoms with E-state index in [1.165, 1.54) is 10.9 Å². The number of rotatable bonds is 9. The molecule has 0 aromatic heterocycles. The molecule has 1 rings (SSSR count). The quantitative estimate of drug-likeness (QED) is 0.258. The van der Waals surface area contributed by atoms with Crippen LogP contribution in [0.25, 0.3) is 0 Å². The van der Waals surface area contributed by atoms with E-state index in [1.807, 2.05) is 0 Å². The number of hydrogen-bond donors (Lipinski definition) is 0. The summed E-state index contributed by atoms with van der Waals surface area (Å²) >= 11 is 0. The van der Waals surface area contributed by atoms with Gasteiger partial charge in [0, 0.05) is 6.04 Å². The Labute approximate surface area is 160 Å². The van der Waals surface area contributed by atoms with E-state index in [0.29, 0.717) is 26.7 Å². The third kappa shape index (κ3) is 8.96. The van der Waals surface area contributed by atoms with Crippen molar-refractivity contribution in [2.45, 2.75) is 51.4 Å². The summed E-state index contributed by atoms with van der Waals surface area (Å²) in [7, 11) is 0.161. The second-order valence-corrected chi connectivity index (χ2v) is 8.99. The maximum Gasteiger partial charge on any atom is 1.00 e. The molecule has 8 heteroatoms. The largest absolute Gasteiger partial charge is 1.00 e. The molecule has 0 amide bonds. The van der Waals surface area contributed by atoms with Crippen molar-refractivity contribution in [1.82, 2.24) is 4.90 Å². The first-order valence-electron chi connectivity index (χ1n) is 7.76. The topological polar surface area (TPSA) is 69.7 Å². The van der Waals surface area contributed by atoms with Crippen LogP contribution >= 0.6 is 8.58 Å². The summed E-state index contributed by atoms with van der Waals surface area (Å²) in [4.78, 5) is 2.18. The molecule has 0 bridgehead atoms. The minimum Gasteiger partial charge on any atom is -0.726 e. The zero-order valence-corrected chi connectivity index (χ0v) is 17.3. The fourth-order valence-electron chi connectivity index (χ4n) is 2.34. The van der Waals surface area contributed by atoms with Crippen LogP contribution in [-0.4, -0.2) is 43.7 Å². The van der Waals surface area contributed by atoms with Crippen LogP contribution < -0.4 is 24.2 Å². The summed E-state index contributed by atoms with van der Waals surface area (Å²) in [5.41, 5.74) is 1.74. The number of hydrogen-bond acceptors (Lipinski definition) is 5. The van der Waals surface area contributed by atoms with Crippen LogP contribution in [0.3, 0.4) is 0 Å². The predicted molar refractivity (Wildman–Crippen MR) is 95.4 cm³/mol. The van der Waals surface area contributed by atoms with Gasteiger partial charge in [-0.1, -0.05) is 39.8 Å². The van der Waals surface area contributed by atoms with Gasteiger partial charge in [-0.2, -0.15) is 0 Å². The van der Waals surface area contributed by atoms with Gasteiger partial charge in [-0.3, -0.25) is 4.18 Å². The summed E-state index contributed by atoms with van der Waals surface area (Å²) in [6.45, 7) is 5.95. The molecule has 0 radical (unpaired) electrons. The Kier molecular flexibility index (Phi) is 11.0. The monoisotopic (exact) mass is 367 g/mol. The van der Waals surface area contributed by atoms with E-state index in [1.54, 1.807) is 6.92 Å². The van der Waals surface area contributed by atoms with E-state index in [2.05, 4.69) is 61.3 Å². The molecule has 1 aromatic carbocycles. The van der Waals surface area contributed by atoms with Gasteiger partial charge in [-0.05, 0) is 57.3 Å². The fourth-order valence-corrected chi connectivity index (χ4v) is 4.33. The Bertz CT molecular complexity index is 597. The maximum absolute atomic E-state index is 10.6. The predicted octanol–water partition coefficient (Wildman–Crippen LogP) is -0.349. The van der Waals surface area contributed by atoms with Crippen molar-refractivity contribution in [3.05, 3.63) is 29.8 Å². The SMILES string of the molecule is C[C@H](CC[C@H](C)OS(=O)(=O)[O-])Pc1ccccc1[C@H](C)N(C)C.[Li+]. The molecule has 4 atom stereocenters. The summed E-state index contributed by atoms with van der Waals surface area (Å²) in [6, 6.07) is 8.78. The normalized spacial score (nSPS) is 16.1. The standard InChI is InChI=1S/C16H28NO4PS.Li/c1-12(21-23(18,19)20)10-11-13(2)22-16-9-7-6-8-15(16)14(3)17(4)5;/h6-9,12-14,22H,10-11H2,1-5H3,(H,18,19,20);/q;+1/p-1/t12-,13+,14-;/m0./s1. The van der Waals surface area contributed by atoms with Gasteiger partial charge in [0.05, 0.1) is 6.10 Å². The van der Waals surface area contributed by atoms with Gasteiger partial charge in [0.1, 0.15) is 0 Å². The van der Waals surface area contributed by atoms with Gasteiger partial charge in [0.15, 0.2) is 0 Å². The molecule has 0 aliphatic carbocycles. The zero-order chi connectivity index (χ0) is 17.6. The summed E-state index contributed by atoms with van der Waals surface area (Å²) in [6.07, 6.45) is 0.807. The van der Waals surface area contributed by atoms with Crippen molar-refractivity contribution in [2.75, 3.05) is 14.1 Å². The van der Waals surface area contributed by atoms with Crippen LogP contribution in [0.5, 0.6) is 0 Å². The van der Waals surface area contributed by atoms with E-state index < -0.39 is 16.5 Å². The van der Waals surface area contributed by atoms with Gasteiger partial charge < -0.3 is 9.45 Å². The third-order valence-electron chi connectivity index (χ3n) is 3.88. The number of nitrogens with zero attached hydrogens (tertiary/aromatic N) is 1. The second-order valence-electron chi connectivity index (χ2n) is 6.16. The molecule has 0 fully saturated rings. The van der Waals surface area contributed by atoms with Crippen molar-refractivity contribution < 1.29 is 36.0 Å². The van der Waals surface area contributed by atoms with Crippen LogP contribution in [0.15, 0.2) is 24.3 Å². The second kappa shape index (κ2) is 10.9. The molecule has 0 saturated heterocycles. The van der Waals surface area contributed by atoms with Crippen molar-refractivity contribution in [3.8, 4) is 0 Å². The van der Waals surface area contributed by atoms with E-state index >= 15 is 0 Å². The van der Waals surface area contributed by atoms with Gasteiger partial charge in [-0.15, -0.1) is 0 Å². The van der Waals surface area contributed by atoms with Crippen LogP contribution in [0, 0.1) is 0 Å². The molecule has 0 spiro atoms. The Hall–Kier alpha value is 0.0774. The Morgan fingerprint density at radius 1 is 1.17 bits per heavy atom. The molecular weight excluding hydrogens is 340 g/mol. The molecule has 0 heterocycles. The molecular formula is C16H27LiNO4PS. The Morgan fingerprint density at radius 2 is 1.75 bits per heavy atom. The Morgan fingerprint density at radius 3 is 2.29 bits per heavy atom. The molecule has 0 aliphatic rings. The van der Waals surface area contributed by atoms with E-state index in [0.717, 1.165) is 6.42 Å². The van der Waals surface area contributed by atoms with Gasteiger partial charge in [-0.25, -0.2) is 8.42 Å². The minimum atomic E-state index is -4.61. The smallest absolute Gasteiger partial charge is 0.726 e. The maximum atomic E-state index is 10.6. The first kappa shape index (κ1) is 24.1. The molecule has 0 N–H and O–H groups in total. The molecule has 0 saturated carbocycles. The third-order valence-corrected chi connectivity index (χ3v) is 5.99. The molecule has 5 nitrogen and oxygen atoms in total. The van der Waals surface area contributed by atoms with Crippen LogP contribution in [0.1, 0.15) is 45.2 Å². The van der Waals surface area contributed by atoms with E-state index in [-0.39, 0.29) is 18.9 Å².